The van der Waals surface area contributed by atoms with Crippen LogP contribution in [0.4, 0.5) is 0 Å². The summed E-state index contributed by atoms with van der Waals surface area (Å²) in [6, 6.07) is 4.48. The van der Waals surface area contributed by atoms with Crippen molar-refractivity contribution in [3.63, 3.8) is 0 Å². The van der Waals surface area contributed by atoms with Crippen LogP contribution in [0.5, 0.6) is 0 Å². The van der Waals surface area contributed by atoms with Crippen LogP contribution >= 0.6 is 23.2 Å². The van der Waals surface area contributed by atoms with Gasteiger partial charge in [-0.05, 0) is 37.0 Å². The van der Waals surface area contributed by atoms with Crippen LogP contribution in [-0.4, -0.2) is 23.7 Å². The average Bonchev–Trinajstić information content (AvgIpc) is 2.98. The molecule has 1 aromatic carbocycles. The summed E-state index contributed by atoms with van der Waals surface area (Å²) < 4.78 is 27.0. The first-order valence-electron chi connectivity index (χ1n) is 8.41. The van der Waals surface area contributed by atoms with E-state index in [2.05, 4.69) is 30.3 Å². The maximum atomic E-state index is 12.4. The summed E-state index contributed by atoms with van der Waals surface area (Å²) in [5.74, 6) is 2.00. The van der Waals surface area contributed by atoms with E-state index in [1.807, 2.05) is 6.20 Å². The van der Waals surface area contributed by atoms with Gasteiger partial charge in [0.05, 0.1) is 15.7 Å². The van der Waals surface area contributed by atoms with Crippen LogP contribution in [0.3, 0.4) is 0 Å². The monoisotopic (exact) mass is 402 g/mol. The lowest BCUT2D eigenvalue weighted by atomic mass is 9.97. The molecule has 1 heterocycles. The van der Waals surface area contributed by atoms with Crippen molar-refractivity contribution in [3.8, 4) is 0 Å². The molecule has 0 saturated heterocycles. The van der Waals surface area contributed by atoms with Crippen LogP contribution in [0.1, 0.15) is 45.4 Å². The molecule has 0 fully saturated rings. The zero-order valence-electron chi connectivity index (χ0n) is 14.7. The number of halogens is 2. The van der Waals surface area contributed by atoms with E-state index in [1.165, 1.54) is 12.1 Å². The molecule has 4 nitrogen and oxygen atoms in total. The fourth-order valence-electron chi connectivity index (χ4n) is 2.62. The highest BCUT2D eigenvalue weighted by Crippen LogP contribution is 2.26. The summed E-state index contributed by atoms with van der Waals surface area (Å²) in [5.41, 5.74) is 0. The van der Waals surface area contributed by atoms with Gasteiger partial charge in [-0.1, -0.05) is 44.0 Å². The summed E-state index contributed by atoms with van der Waals surface area (Å²) in [6.07, 6.45) is 5.09. The van der Waals surface area contributed by atoms with E-state index in [0.29, 0.717) is 23.3 Å². The first kappa shape index (κ1) is 20.3. The second-order valence-electron chi connectivity index (χ2n) is 6.61. The normalized spacial score (nSPS) is 13.4. The molecule has 0 N–H and O–H groups in total. The molecular weight excluding hydrogens is 379 g/mol. The summed E-state index contributed by atoms with van der Waals surface area (Å²) >= 11 is 11.8. The zero-order chi connectivity index (χ0) is 18.6. The second kappa shape index (κ2) is 8.56. The molecule has 138 valence electrons. The molecule has 7 heteroatoms. The molecule has 0 aliphatic rings. The molecule has 0 saturated carbocycles. The van der Waals surface area contributed by atoms with E-state index < -0.39 is 9.84 Å². The number of aryl methyl sites for hydroxylation is 1. The third-order valence-electron chi connectivity index (χ3n) is 4.45. The molecule has 1 atom stereocenters. The van der Waals surface area contributed by atoms with E-state index in [9.17, 15) is 8.42 Å². The number of benzene rings is 1. The number of imidazole rings is 1. The van der Waals surface area contributed by atoms with Crippen molar-refractivity contribution in [2.75, 3.05) is 5.75 Å². The Hall–Kier alpha value is -1.04. The molecule has 0 aliphatic carbocycles. The molecule has 25 heavy (non-hydrogen) atoms. The highest BCUT2D eigenvalue weighted by atomic mass is 35.5. The summed E-state index contributed by atoms with van der Waals surface area (Å²) in [6.45, 7) is 7.27. The summed E-state index contributed by atoms with van der Waals surface area (Å²) in [5, 5.41) is 0.603. The molecule has 0 amide bonds. The SMILES string of the molecule is CC(C)C(C)c1nccn1CCCCS(=O)(=O)c1ccc(Cl)cc1Cl. The lowest BCUT2D eigenvalue weighted by molar-refractivity contribution is 0.476. The van der Waals surface area contributed by atoms with Gasteiger partial charge in [-0.2, -0.15) is 0 Å². The van der Waals surface area contributed by atoms with Crippen molar-refractivity contribution in [3.05, 3.63) is 46.5 Å². The molecule has 0 aliphatic heterocycles. The van der Waals surface area contributed by atoms with Gasteiger partial charge in [0.1, 0.15) is 5.82 Å². The van der Waals surface area contributed by atoms with E-state index in [1.54, 1.807) is 12.3 Å². The van der Waals surface area contributed by atoms with Crippen molar-refractivity contribution >= 4 is 33.0 Å². The predicted octanol–water partition coefficient (Wildman–Crippen LogP) is 5.20. The van der Waals surface area contributed by atoms with Crippen molar-refractivity contribution < 1.29 is 8.42 Å². The number of aromatic nitrogens is 2. The number of rotatable bonds is 8. The minimum atomic E-state index is -3.40. The Balaban J connectivity index is 1.94. The largest absolute Gasteiger partial charge is 0.335 e. The van der Waals surface area contributed by atoms with E-state index in [4.69, 9.17) is 23.2 Å². The minimum Gasteiger partial charge on any atom is -0.335 e. The molecule has 2 rings (SSSR count). The van der Waals surface area contributed by atoms with Gasteiger partial charge in [-0.15, -0.1) is 0 Å². The van der Waals surface area contributed by atoms with Gasteiger partial charge in [0.25, 0.3) is 0 Å². The Morgan fingerprint density at radius 3 is 2.52 bits per heavy atom. The van der Waals surface area contributed by atoms with Crippen LogP contribution in [0, 0.1) is 5.92 Å². The molecule has 0 spiro atoms. The van der Waals surface area contributed by atoms with Gasteiger partial charge in [0.15, 0.2) is 9.84 Å². The second-order valence-corrected chi connectivity index (χ2v) is 9.53. The zero-order valence-corrected chi connectivity index (χ0v) is 17.1. The summed E-state index contributed by atoms with van der Waals surface area (Å²) in [7, 11) is -3.40. The predicted molar refractivity (Wildman–Crippen MR) is 103 cm³/mol. The fourth-order valence-corrected chi connectivity index (χ4v) is 4.82. The van der Waals surface area contributed by atoms with E-state index in [-0.39, 0.29) is 15.7 Å². The van der Waals surface area contributed by atoms with Crippen molar-refractivity contribution in [1.82, 2.24) is 9.55 Å². The lowest BCUT2D eigenvalue weighted by Gasteiger charge is -2.17. The maximum absolute atomic E-state index is 12.4. The maximum Gasteiger partial charge on any atom is 0.179 e. The van der Waals surface area contributed by atoms with Gasteiger partial charge in [0, 0.05) is 29.9 Å². The molecule has 0 bridgehead atoms. The molecular formula is C18H24Cl2N2O2S. The highest BCUT2D eigenvalue weighted by Gasteiger charge is 2.19. The number of sulfone groups is 1. The topological polar surface area (TPSA) is 52.0 Å². The number of hydrogen-bond donors (Lipinski definition) is 0. The van der Waals surface area contributed by atoms with Crippen LogP contribution in [0.25, 0.3) is 0 Å². The van der Waals surface area contributed by atoms with Crippen LogP contribution in [-0.2, 0) is 16.4 Å². The van der Waals surface area contributed by atoms with E-state index in [0.717, 1.165) is 18.8 Å². The third kappa shape index (κ3) is 5.22. The van der Waals surface area contributed by atoms with Crippen molar-refractivity contribution in [1.29, 1.82) is 0 Å². The molecule has 1 aromatic heterocycles. The fraction of sp³-hybridized carbons (Fsp3) is 0.500. The Morgan fingerprint density at radius 1 is 1.16 bits per heavy atom. The first-order chi connectivity index (χ1) is 11.7. The Labute approximate surface area is 160 Å². The third-order valence-corrected chi connectivity index (χ3v) is 6.96. The average molecular weight is 403 g/mol. The van der Waals surface area contributed by atoms with Crippen LogP contribution in [0.2, 0.25) is 10.0 Å². The molecule has 0 radical (unpaired) electrons. The number of hydrogen-bond acceptors (Lipinski definition) is 3. The smallest absolute Gasteiger partial charge is 0.179 e. The standard InChI is InChI=1S/C18H24Cl2N2O2S/c1-13(2)14(3)18-21-8-10-22(18)9-4-5-11-25(23,24)17-7-6-15(19)12-16(17)20/h6-8,10,12-14H,4-5,9,11H2,1-3H3. The Morgan fingerprint density at radius 2 is 1.88 bits per heavy atom. The number of nitrogens with zero attached hydrogens (tertiary/aromatic N) is 2. The van der Waals surface area contributed by atoms with Gasteiger partial charge >= 0.3 is 0 Å². The lowest BCUT2D eigenvalue weighted by Crippen LogP contribution is -2.12. The van der Waals surface area contributed by atoms with Gasteiger partial charge < -0.3 is 4.57 Å². The summed E-state index contributed by atoms with van der Waals surface area (Å²) in [4.78, 5) is 4.60. The first-order valence-corrected chi connectivity index (χ1v) is 10.8. The van der Waals surface area contributed by atoms with Gasteiger partial charge in [0.2, 0.25) is 0 Å². The van der Waals surface area contributed by atoms with Crippen molar-refractivity contribution in [2.45, 2.75) is 51.0 Å². The van der Waals surface area contributed by atoms with Gasteiger partial charge in [-0.3, -0.25) is 0 Å². The van der Waals surface area contributed by atoms with Crippen LogP contribution < -0.4 is 0 Å². The Kier molecular flexibility index (Phi) is 6.94. The quantitative estimate of drug-likeness (QED) is 0.569. The van der Waals surface area contributed by atoms with Gasteiger partial charge in [-0.25, -0.2) is 13.4 Å². The van der Waals surface area contributed by atoms with E-state index >= 15 is 0 Å². The minimum absolute atomic E-state index is 0.0676. The molecule has 1 unspecified atom stereocenters. The van der Waals surface area contributed by atoms with Crippen molar-refractivity contribution in [2.24, 2.45) is 5.92 Å². The molecule has 2 aromatic rings. The highest BCUT2D eigenvalue weighted by molar-refractivity contribution is 7.91. The Bertz CT molecular complexity index is 816. The number of unbranched alkanes of at least 4 members (excludes halogenated alkanes) is 1. The van der Waals surface area contributed by atoms with Crippen LogP contribution in [0.15, 0.2) is 35.5 Å².